The van der Waals surface area contributed by atoms with E-state index >= 15 is 0 Å². The minimum atomic E-state index is -0.564. The summed E-state index contributed by atoms with van der Waals surface area (Å²) in [7, 11) is 0. The highest BCUT2D eigenvalue weighted by Gasteiger charge is 2.24. The van der Waals surface area contributed by atoms with E-state index in [0.29, 0.717) is 12.1 Å². The molecule has 4 nitrogen and oxygen atoms in total. The van der Waals surface area contributed by atoms with Gasteiger partial charge < -0.3 is 10.6 Å². The van der Waals surface area contributed by atoms with Gasteiger partial charge in [-0.25, -0.2) is 0 Å². The van der Waals surface area contributed by atoms with Crippen LogP contribution in [0.15, 0.2) is 44.7 Å². The molecule has 25 heavy (non-hydrogen) atoms. The molecule has 1 heterocycles. The zero-order valence-electron chi connectivity index (χ0n) is 14.0. The Balaban J connectivity index is 1.91. The van der Waals surface area contributed by atoms with Gasteiger partial charge in [0.1, 0.15) is 6.04 Å². The Morgan fingerprint density at radius 1 is 1.08 bits per heavy atom. The summed E-state index contributed by atoms with van der Waals surface area (Å²) in [6.45, 7) is 4.38. The number of rotatable bonds is 7. The number of halogens is 2. The van der Waals surface area contributed by atoms with Crippen LogP contribution in [-0.4, -0.2) is 24.4 Å². The van der Waals surface area contributed by atoms with Crippen LogP contribution in [0.25, 0.3) is 0 Å². The predicted molar refractivity (Wildman–Crippen MR) is 109 cm³/mol. The molecule has 0 bridgehead atoms. The monoisotopic (exact) mass is 486 g/mol. The van der Waals surface area contributed by atoms with Crippen molar-refractivity contribution in [3.63, 3.8) is 0 Å². The van der Waals surface area contributed by atoms with Crippen molar-refractivity contribution in [1.82, 2.24) is 10.6 Å². The lowest BCUT2D eigenvalue weighted by atomic mass is 10.0. The summed E-state index contributed by atoms with van der Waals surface area (Å²) in [4.78, 5) is 26.0. The number of hydrogen-bond acceptors (Lipinski definition) is 3. The van der Waals surface area contributed by atoms with Crippen LogP contribution >= 0.6 is 43.2 Å². The largest absolute Gasteiger partial charge is 0.354 e. The van der Waals surface area contributed by atoms with Crippen LogP contribution in [0.5, 0.6) is 0 Å². The van der Waals surface area contributed by atoms with Crippen molar-refractivity contribution in [3.05, 3.63) is 55.1 Å². The van der Waals surface area contributed by atoms with Gasteiger partial charge >= 0.3 is 0 Å². The molecule has 1 aromatic heterocycles. The summed E-state index contributed by atoms with van der Waals surface area (Å²) >= 11 is 8.43. The van der Waals surface area contributed by atoms with Gasteiger partial charge in [-0.3, -0.25) is 9.59 Å². The highest BCUT2D eigenvalue weighted by molar-refractivity contribution is 9.11. The smallest absolute Gasteiger partial charge is 0.251 e. The van der Waals surface area contributed by atoms with Crippen LogP contribution in [0, 0.1) is 5.92 Å². The molecule has 2 aromatic rings. The molecule has 1 atom stereocenters. The van der Waals surface area contributed by atoms with E-state index in [9.17, 15) is 9.59 Å². The maximum atomic E-state index is 12.5. The van der Waals surface area contributed by atoms with Crippen molar-refractivity contribution in [3.8, 4) is 0 Å². The zero-order valence-corrected chi connectivity index (χ0v) is 18.0. The predicted octanol–water partition coefficient (Wildman–Crippen LogP) is 4.39. The first-order chi connectivity index (χ1) is 11.9. The van der Waals surface area contributed by atoms with Gasteiger partial charge in [0.05, 0.1) is 3.79 Å². The van der Waals surface area contributed by atoms with Crippen molar-refractivity contribution in [2.24, 2.45) is 5.92 Å². The summed E-state index contributed by atoms with van der Waals surface area (Å²) in [6.07, 6.45) is 0.771. The fourth-order valence-electron chi connectivity index (χ4n) is 2.27. The van der Waals surface area contributed by atoms with Gasteiger partial charge in [-0.05, 0) is 64.7 Å². The van der Waals surface area contributed by atoms with Crippen molar-refractivity contribution >= 4 is 55.0 Å². The third-order valence-corrected chi connectivity index (χ3v) is 5.85. The third-order valence-electron chi connectivity index (χ3n) is 3.64. The second-order valence-electron chi connectivity index (χ2n) is 5.95. The number of carbonyl (C=O) groups is 2. The lowest BCUT2D eigenvalue weighted by molar-refractivity contribution is -0.123. The molecule has 0 aliphatic heterocycles. The Morgan fingerprint density at radius 3 is 2.32 bits per heavy atom. The van der Waals surface area contributed by atoms with E-state index in [1.807, 2.05) is 26.0 Å². The van der Waals surface area contributed by atoms with E-state index in [0.717, 1.165) is 14.7 Å². The van der Waals surface area contributed by atoms with Crippen LogP contribution in [0.3, 0.4) is 0 Å². The van der Waals surface area contributed by atoms with Crippen LogP contribution < -0.4 is 10.6 Å². The molecule has 0 unspecified atom stereocenters. The summed E-state index contributed by atoms with van der Waals surface area (Å²) in [5.41, 5.74) is 0.532. The van der Waals surface area contributed by atoms with Crippen molar-refractivity contribution < 1.29 is 9.59 Å². The molecule has 0 radical (unpaired) electrons. The number of hydrogen-bond donors (Lipinski definition) is 2. The molecule has 2 rings (SSSR count). The second-order valence-corrected chi connectivity index (χ2v) is 9.41. The average Bonchev–Trinajstić information content (AvgIpc) is 2.98. The SMILES string of the molecule is CC(C)[C@@H](NC(=O)c1ccc(Br)cc1)C(=O)NCCc1ccc(Br)s1. The van der Waals surface area contributed by atoms with E-state index in [4.69, 9.17) is 0 Å². The summed E-state index contributed by atoms with van der Waals surface area (Å²) in [5, 5.41) is 5.75. The molecule has 0 aliphatic rings. The van der Waals surface area contributed by atoms with E-state index in [1.54, 1.807) is 35.6 Å². The number of carbonyl (C=O) groups excluding carboxylic acids is 2. The van der Waals surface area contributed by atoms with Crippen molar-refractivity contribution in [2.75, 3.05) is 6.54 Å². The highest BCUT2D eigenvalue weighted by atomic mass is 79.9. The standard InChI is InChI=1S/C18H20Br2N2O2S/c1-11(2)16(22-17(23)12-3-5-13(19)6-4-12)18(24)21-10-9-14-7-8-15(20)25-14/h3-8,11,16H,9-10H2,1-2H3,(H,21,24)(H,22,23)/t16-/m1/s1. The van der Waals surface area contributed by atoms with Crippen LogP contribution in [0.1, 0.15) is 29.1 Å². The van der Waals surface area contributed by atoms with E-state index in [2.05, 4.69) is 42.5 Å². The summed E-state index contributed by atoms with van der Waals surface area (Å²) in [6, 6.07) is 10.5. The Labute approximate surface area is 168 Å². The molecule has 0 aliphatic carbocycles. The van der Waals surface area contributed by atoms with E-state index < -0.39 is 6.04 Å². The Hall–Kier alpha value is -1.18. The van der Waals surface area contributed by atoms with Crippen LogP contribution in [0.2, 0.25) is 0 Å². The van der Waals surface area contributed by atoms with Crippen molar-refractivity contribution in [1.29, 1.82) is 0 Å². The van der Waals surface area contributed by atoms with Gasteiger partial charge in [0, 0.05) is 21.5 Å². The minimum absolute atomic E-state index is 0.00437. The third kappa shape index (κ3) is 6.24. The molecular formula is C18H20Br2N2O2S. The Morgan fingerprint density at radius 2 is 1.76 bits per heavy atom. The summed E-state index contributed by atoms with van der Waals surface area (Å²) in [5.74, 6) is -0.407. The minimum Gasteiger partial charge on any atom is -0.354 e. The molecule has 134 valence electrons. The molecule has 1 aromatic carbocycles. The Kier molecular flexibility index (Phi) is 7.65. The lowest BCUT2D eigenvalue weighted by Gasteiger charge is -2.21. The first-order valence-corrected chi connectivity index (χ1v) is 10.4. The maximum Gasteiger partial charge on any atom is 0.251 e. The van der Waals surface area contributed by atoms with Gasteiger partial charge in [-0.2, -0.15) is 0 Å². The van der Waals surface area contributed by atoms with E-state index in [1.165, 1.54) is 4.88 Å². The molecule has 7 heteroatoms. The molecular weight excluding hydrogens is 468 g/mol. The molecule has 2 amide bonds. The average molecular weight is 488 g/mol. The van der Waals surface area contributed by atoms with Gasteiger partial charge in [-0.15, -0.1) is 11.3 Å². The zero-order chi connectivity index (χ0) is 18.4. The highest BCUT2D eigenvalue weighted by Crippen LogP contribution is 2.22. The molecule has 0 saturated heterocycles. The topological polar surface area (TPSA) is 58.2 Å². The first kappa shape index (κ1) is 20.1. The van der Waals surface area contributed by atoms with Gasteiger partial charge in [-0.1, -0.05) is 29.8 Å². The number of benzene rings is 1. The van der Waals surface area contributed by atoms with Crippen molar-refractivity contribution in [2.45, 2.75) is 26.3 Å². The number of thiophene rings is 1. The molecule has 2 N–H and O–H groups in total. The quantitative estimate of drug-likeness (QED) is 0.608. The van der Waals surface area contributed by atoms with Gasteiger partial charge in [0.15, 0.2) is 0 Å². The molecule has 0 fully saturated rings. The summed E-state index contributed by atoms with van der Waals surface area (Å²) < 4.78 is 1.98. The number of nitrogens with one attached hydrogen (secondary N) is 2. The number of amides is 2. The first-order valence-electron chi connectivity index (χ1n) is 7.95. The fourth-order valence-corrected chi connectivity index (χ4v) is 4.01. The Bertz CT molecular complexity index is 729. The molecule has 0 spiro atoms. The van der Waals surface area contributed by atoms with Gasteiger partial charge in [0.2, 0.25) is 5.91 Å². The lowest BCUT2D eigenvalue weighted by Crippen LogP contribution is -2.50. The maximum absolute atomic E-state index is 12.5. The fraction of sp³-hybridized carbons (Fsp3) is 0.333. The van der Waals surface area contributed by atoms with Crippen LogP contribution in [0.4, 0.5) is 0 Å². The normalized spacial score (nSPS) is 12.0. The van der Waals surface area contributed by atoms with Gasteiger partial charge in [0.25, 0.3) is 5.91 Å². The van der Waals surface area contributed by atoms with E-state index in [-0.39, 0.29) is 17.7 Å². The molecule has 0 saturated carbocycles. The van der Waals surface area contributed by atoms with Crippen LogP contribution in [-0.2, 0) is 11.2 Å². The second kappa shape index (κ2) is 9.50.